The molecule has 7 aromatic rings. The summed E-state index contributed by atoms with van der Waals surface area (Å²) in [4.78, 5) is 0. The van der Waals surface area contributed by atoms with Gasteiger partial charge in [-0.1, -0.05) is 57.2 Å². The molecule has 0 aliphatic rings. The van der Waals surface area contributed by atoms with Crippen LogP contribution in [-0.2, 0) is 13.4 Å². The van der Waals surface area contributed by atoms with Gasteiger partial charge in [-0.05, 0) is 54.9 Å². The number of hydrogen-bond donors (Lipinski definition) is 0. The molecule has 0 saturated heterocycles. The molecule has 0 bridgehead atoms. The van der Waals surface area contributed by atoms with Crippen molar-refractivity contribution in [1.29, 1.82) is 0 Å². The van der Waals surface area contributed by atoms with E-state index < -0.39 is 18.6 Å². The summed E-state index contributed by atoms with van der Waals surface area (Å²) in [5.74, 6) is 0. The van der Waals surface area contributed by atoms with Gasteiger partial charge in [0.05, 0.1) is 22.0 Å². The highest BCUT2D eigenvalue weighted by atomic mass is 16.3. The van der Waals surface area contributed by atoms with Gasteiger partial charge in [0.25, 0.3) is 0 Å². The molecule has 3 aromatic carbocycles. The van der Waals surface area contributed by atoms with Gasteiger partial charge in [0.15, 0.2) is 6.20 Å². The minimum atomic E-state index is -2.46. The van der Waals surface area contributed by atoms with Crippen molar-refractivity contribution in [1.82, 2.24) is 4.40 Å². The second kappa shape index (κ2) is 7.10. The third-order valence-electron chi connectivity index (χ3n) is 7.24. The van der Waals surface area contributed by atoms with Crippen LogP contribution in [0.15, 0.2) is 71.3 Å². The molecule has 178 valence electrons. The molecule has 0 spiro atoms. The lowest BCUT2D eigenvalue weighted by molar-refractivity contribution is -0.660. The van der Waals surface area contributed by atoms with E-state index >= 15 is 0 Å². The van der Waals surface area contributed by atoms with E-state index in [9.17, 15) is 0 Å². The van der Waals surface area contributed by atoms with Gasteiger partial charge in [0, 0.05) is 40.0 Å². The van der Waals surface area contributed by atoms with Crippen molar-refractivity contribution < 1.29 is 15.8 Å². The molecule has 3 nitrogen and oxygen atoms in total. The van der Waals surface area contributed by atoms with Crippen molar-refractivity contribution in [2.75, 3.05) is 0 Å². The van der Waals surface area contributed by atoms with Gasteiger partial charge in [0.1, 0.15) is 12.6 Å². The number of rotatable bonds is 2. The van der Waals surface area contributed by atoms with E-state index in [1.807, 2.05) is 29.8 Å². The zero-order valence-electron chi connectivity index (χ0n) is 26.2. The monoisotopic (exact) mass is 476 g/mol. The van der Waals surface area contributed by atoms with Gasteiger partial charge in [-0.15, -0.1) is 0 Å². The molecule has 7 rings (SSSR count). The van der Waals surface area contributed by atoms with Crippen molar-refractivity contribution in [3.63, 3.8) is 0 Å². The Morgan fingerprint density at radius 3 is 2.53 bits per heavy atom. The summed E-state index contributed by atoms with van der Waals surface area (Å²) >= 11 is 0. The Morgan fingerprint density at radius 2 is 1.72 bits per heavy atom. The van der Waals surface area contributed by atoms with Gasteiger partial charge in [-0.3, -0.25) is 4.40 Å². The minimum absolute atomic E-state index is 0.0333. The Labute approximate surface area is 217 Å². The molecule has 0 aliphatic heterocycles. The van der Waals surface area contributed by atoms with Crippen LogP contribution in [0.25, 0.3) is 60.5 Å². The minimum Gasteiger partial charge on any atom is -0.439 e. The fraction of sp³-hybridized carbons (Fsp3) is 0.242. The SMILES string of the molecule is [2H]C([2H])([2H])c1c[n+](C)c(-c2cc3c(cc2C)c2cccc4c5c6ccccc6oc5n3c24)cc1C([2H])([2H])C(C)(C)C. The van der Waals surface area contributed by atoms with Crippen molar-refractivity contribution >= 4 is 49.3 Å². The van der Waals surface area contributed by atoms with Gasteiger partial charge in [-0.25, -0.2) is 4.57 Å². The van der Waals surface area contributed by atoms with Crippen LogP contribution in [0, 0.1) is 19.2 Å². The van der Waals surface area contributed by atoms with E-state index in [1.165, 1.54) is 0 Å². The fourth-order valence-corrected chi connectivity index (χ4v) is 5.78. The average molecular weight is 477 g/mol. The number of furan rings is 1. The molecule has 0 radical (unpaired) electrons. The Bertz CT molecular complexity index is 2180. The molecule has 0 fully saturated rings. The fourth-order valence-electron chi connectivity index (χ4n) is 5.78. The highest BCUT2D eigenvalue weighted by Crippen LogP contribution is 2.44. The lowest BCUT2D eigenvalue weighted by Gasteiger charge is -2.19. The summed E-state index contributed by atoms with van der Waals surface area (Å²) < 4.78 is 53.1. The molecule has 0 atom stereocenters. The van der Waals surface area contributed by atoms with Crippen LogP contribution >= 0.6 is 0 Å². The average Bonchev–Trinajstić information content (AvgIpc) is 3.52. The van der Waals surface area contributed by atoms with Gasteiger partial charge in [-0.2, -0.15) is 0 Å². The Balaban J connectivity index is 1.58. The maximum absolute atomic E-state index is 9.02. The lowest BCUT2D eigenvalue weighted by Crippen LogP contribution is -2.32. The van der Waals surface area contributed by atoms with Gasteiger partial charge >= 0.3 is 0 Å². The largest absolute Gasteiger partial charge is 0.439 e. The van der Waals surface area contributed by atoms with Crippen molar-refractivity contribution in [2.24, 2.45) is 12.5 Å². The number of benzene rings is 3. The third kappa shape index (κ3) is 2.89. The van der Waals surface area contributed by atoms with Crippen LogP contribution in [0.5, 0.6) is 0 Å². The van der Waals surface area contributed by atoms with E-state index in [2.05, 4.69) is 47.7 Å². The maximum Gasteiger partial charge on any atom is 0.213 e. The third-order valence-corrected chi connectivity index (χ3v) is 7.24. The van der Waals surface area contributed by atoms with E-state index in [1.54, 1.807) is 33.0 Å². The molecule has 0 N–H and O–H groups in total. The number of fused-ring (bicyclic) bond motifs is 8. The maximum atomic E-state index is 9.02. The number of aryl methyl sites for hydroxylation is 3. The molecule has 0 saturated carbocycles. The first-order valence-electron chi connectivity index (χ1n) is 14.9. The molecule has 0 amide bonds. The van der Waals surface area contributed by atoms with Gasteiger partial charge in [0.2, 0.25) is 11.4 Å². The standard InChI is InChI=1S/C33H31N2O/c1-19-14-26-22-11-9-12-24-30-23-10-7-8-13-29(23)36-32(30)35(31(22)24)28(26)16-25(19)27-15-21(17-33(3,4)5)20(2)18-34(27)6/h7-16,18H,17H2,1-6H3/q+1/i2D3,17D2. The topological polar surface area (TPSA) is 21.4 Å². The van der Waals surface area contributed by atoms with E-state index in [0.717, 1.165) is 66.1 Å². The molecular weight excluding hydrogens is 440 g/mol. The Morgan fingerprint density at radius 1 is 0.944 bits per heavy atom. The predicted octanol–water partition coefficient (Wildman–Crippen LogP) is 8.28. The second-order valence-electron chi connectivity index (χ2n) is 11.0. The van der Waals surface area contributed by atoms with Crippen LogP contribution in [0.2, 0.25) is 0 Å². The Kier molecular flexibility index (Phi) is 3.30. The predicted molar refractivity (Wildman–Crippen MR) is 150 cm³/mol. The summed E-state index contributed by atoms with van der Waals surface area (Å²) in [6, 6.07) is 20.5. The van der Waals surface area contributed by atoms with Crippen LogP contribution < -0.4 is 4.57 Å². The molecular formula is C33H31N2O+. The van der Waals surface area contributed by atoms with E-state index in [4.69, 9.17) is 11.3 Å². The lowest BCUT2D eigenvalue weighted by atomic mass is 9.86. The first-order valence-corrected chi connectivity index (χ1v) is 12.4. The van der Waals surface area contributed by atoms with Gasteiger partial charge < -0.3 is 4.42 Å². The quantitative estimate of drug-likeness (QED) is 0.230. The van der Waals surface area contributed by atoms with Crippen LogP contribution in [0.4, 0.5) is 0 Å². The summed E-state index contributed by atoms with van der Waals surface area (Å²) in [5.41, 5.74) is 5.85. The molecule has 4 aromatic heterocycles. The summed E-state index contributed by atoms with van der Waals surface area (Å²) in [5, 5.41) is 5.58. The normalized spacial score (nSPS) is 15.6. The second-order valence-corrected chi connectivity index (χ2v) is 11.0. The van der Waals surface area contributed by atoms with Crippen molar-refractivity contribution in [2.45, 2.75) is 40.9 Å². The zero-order valence-corrected chi connectivity index (χ0v) is 21.2. The zero-order chi connectivity index (χ0) is 29.2. The highest BCUT2D eigenvalue weighted by Gasteiger charge is 2.25. The van der Waals surface area contributed by atoms with E-state index in [0.29, 0.717) is 0 Å². The first kappa shape index (κ1) is 16.8. The summed E-state index contributed by atoms with van der Waals surface area (Å²) in [6.45, 7) is 5.00. The summed E-state index contributed by atoms with van der Waals surface area (Å²) in [7, 11) is 1.83. The smallest absolute Gasteiger partial charge is 0.213 e. The number of aromatic nitrogens is 2. The van der Waals surface area contributed by atoms with Crippen LogP contribution in [0.1, 0.15) is 44.3 Å². The van der Waals surface area contributed by atoms with Crippen LogP contribution in [0.3, 0.4) is 0 Å². The Hall–Kier alpha value is -3.85. The molecule has 3 heteroatoms. The number of pyridine rings is 1. The molecule has 4 heterocycles. The molecule has 0 unspecified atom stereocenters. The molecule has 36 heavy (non-hydrogen) atoms. The number of nitrogens with zero attached hydrogens (tertiary/aromatic N) is 2. The first-order chi connectivity index (χ1) is 19.2. The van der Waals surface area contributed by atoms with Crippen molar-refractivity contribution in [3.8, 4) is 11.3 Å². The van der Waals surface area contributed by atoms with E-state index in [-0.39, 0.29) is 11.1 Å². The van der Waals surface area contributed by atoms with Crippen LogP contribution in [-0.4, -0.2) is 4.40 Å². The number of hydrogen-bond acceptors (Lipinski definition) is 1. The molecule has 0 aliphatic carbocycles. The van der Waals surface area contributed by atoms with Crippen molar-refractivity contribution in [3.05, 3.63) is 83.6 Å². The highest BCUT2D eigenvalue weighted by molar-refractivity contribution is 6.27. The number of para-hydroxylation sites is 2. The summed E-state index contributed by atoms with van der Waals surface area (Å²) in [6.07, 6.45) is -0.304.